The van der Waals surface area contributed by atoms with E-state index in [-0.39, 0.29) is 16.7 Å². The summed E-state index contributed by atoms with van der Waals surface area (Å²) in [6.07, 6.45) is 0.716. The summed E-state index contributed by atoms with van der Waals surface area (Å²) in [6, 6.07) is 13.4. The lowest BCUT2D eigenvalue weighted by Gasteiger charge is -2.09. The lowest BCUT2D eigenvalue weighted by atomic mass is 10.1. The predicted octanol–water partition coefficient (Wildman–Crippen LogP) is 3.46. The number of methoxy groups -OCH3 is 1. The Morgan fingerprint density at radius 2 is 1.97 bits per heavy atom. The average molecular weight is 390 g/mol. The minimum absolute atomic E-state index is 0.123. The Morgan fingerprint density at radius 3 is 2.72 bits per heavy atom. The van der Waals surface area contributed by atoms with Crippen molar-refractivity contribution in [2.45, 2.75) is 13.3 Å². The number of hydrogen-bond acceptors (Lipinski definition) is 5. The standard InChI is InChI=1S/C22H18N2O5/c1-3-12-10-19(25)24-17-11-14(7-8-15(12)17)23-21(26)16-9-13-5-4-6-18(28-2)20(13)29-22(16)27/h4-11H,3H2,1-2H3,(H,23,26)(H,24,25). The summed E-state index contributed by atoms with van der Waals surface area (Å²) in [5, 5.41) is 4.17. The van der Waals surface area contributed by atoms with Crippen LogP contribution in [0.2, 0.25) is 0 Å². The number of para-hydroxylation sites is 1. The maximum Gasteiger partial charge on any atom is 0.349 e. The molecular formula is C22H18N2O5. The molecule has 2 heterocycles. The highest BCUT2D eigenvalue weighted by molar-refractivity contribution is 6.06. The molecule has 1 amide bonds. The molecular weight excluding hydrogens is 372 g/mol. The quantitative estimate of drug-likeness (QED) is 0.520. The molecule has 0 atom stereocenters. The van der Waals surface area contributed by atoms with Crippen molar-refractivity contribution in [3.63, 3.8) is 0 Å². The van der Waals surface area contributed by atoms with Gasteiger partial charge in [-0.05, 0) is 36.2 Å². The van der Waals surface area contributed by atoms with Gasteiger partial charge < -0.3 is 19.5 Å². The van der Waals surface area contributed by atoms with Gasteiger partial charge in [-0.25, -0.2) is 4.79 Å². The van der Waals surface area contributed by atoms with E-state index in [2.05, 4.69) is 10.3 Å². The van der Waals surface area contributed by atoms with Crippen molar-refractivity contribution in [3.8, 4) is 5.75 Å². The molecule has 0 radical (unpaired) electrons. The molecule has 0 aliphatic rings. The molecule has 29 heavy (non-hydrogen) atoms. The van der Waals surface area contributed by atoms with Gasteiger partial charge in [-0.2, -0.15) is 0 Å². The molecule has 0 unspecified atom stereocenters. The van der Waals surface area contributed by atoms with Gasteiger partial charge in [0.2, 0.25) is 5.56 Å². The first-order valence-electron chi connectivity index (χ1n) is 9.08. The SMILES string of the molecule is CCc1cc(=O)[nH]c2cc(NC(=O)c3cc4cccc(OC)c4oc3=O)ccc12. The maximum atomic E-state index is 12.7. The number of anilines is 1. The van der Waals surface area contributed by atoms with Crippen molar-refractivity contribution >= 4 is 33.5 Å². The number of aromatic amines is 1. The molecule has 7 heteroatoms. The summed E-state index contributed by atoms with van der Waals surface area (Å²) in [5.41, 5.74) is 1.18. The number of H-pyrrole nitrogens is 1. The number of amides is 1. The minimum atomic E-state index is -0.762. The van der Waals surface area contributed by atoms with E-state index < -0.39 is 11.5 Å². The second-order valence-corrected chi connectivity index (χ2v) is 6.55. The van der Waals surface area contributed by atoms with E-state index in [1.807, 2.05) is 13.0 Å². The number of carbonyl (C=O) groups excluding carboxylic acids is 1. The Labute approximate surface area is 164 Å². The van der Waals surface area contributed by atoms with Crippen LogP contribution in [-0.2, 0) is 6.42 Å². The lowest BCUT2D eigenvalue weighted by molar-refractivity contribution is 0.102. The van der Waals surface area contributed by atoms with E-state index in [9.17, 15) is 14.4 Å². The Morgan fingerprint density at radius 1 is 1.14 bits per heavy atom. The largest absolute Gasteiger partial charge is 0.493 e. The zero-order valence-corrected chi connectivity index (χ0v) is 15.9. The molecule has 0 saturated heterocycles. The van der Waals surface area contributed by atoms with Gasteiger partial charge in [0.15, 0.2) is 11.3 Å². The van der Waals surface area contributed by atoms with E-state index in [0.717, 1.165) is 10.9 Å². The van der Waals surface area contributed by atoms with Gasteiger partial charge in [0, 0.05) is 22.5 Å². The Balaban J connectivity index is 1.72. The van der Waals surface area contributed by atoms with E-state index in [4.69, 9.17) is 9.15 Å². The van der Waals surface area contributed by atoms with Crippen LogP contribution in [0.3, 0.4) is 0 Å². The van der Waals surface area contributed by atoms with Crippen LogP contribution >= 0.6 is 0 Å². The normalized spacial score (nSPS) is 11.0. The summed E-state index contributed by atoms with van der Waals surface area (Å²) < 4.78 is 10.5. The van der Waals surface area contributed by atoms with Gasteiger partial charge in [0.1, 0.15) is 5.56 Å². The van der Waals surface area contributed by atoms with Gasteiger partial charge in [-0.3, -0.25) is 9.59 Å². The molecule has 2 aromatic carbocycles. The fourth-order valence-electron chi connectivity index (χ4n) is 3.34. The van der Waals surface area contributed by atoms with Crippen molar-refractivity contribution in [1.29, 1.82) is 0 Å². The number of aryl methyl sites for hydroxylation is 1. The number of carbonyl (C=O) groups is 1. The van der Waals surface area contributed by atoms with E-state index >= 15 is 0 Å². The fourth-order valence-corrected chi connectivity index (χ4v) is 3.34. The van der Waals surface area contributed by atoms with Crippen LogP contribution < -0.4 is 21.2 Å². The monoisotopic (exact) mass is 390 g/mol. The topological polar surface area (TPSA) is 101 Å². The number of benzene rings is 2. The molecule has 4 rings (SSSR count). The van der Waals surface area contributed by atoms with Crippen LogP contribution in [0.4, 0.5) is 5.69 Å². The first-order chi connectivity index (χ1) is 14.0. The molecule has 4 aromatic rings. The first-order valence-corrected chi connectivity index (χ1v) is 9.08. The van der Waals surface area contributed by atoms with E-state index in [1.165, 1.54) is 13.2 Å². The van der Waals surface area contributed by atoms with E-state index in [0.29, 0.717) is 28.8 Å². The molecule has 0 spiro atoms. The molecule has 2 N–H and O–H groups in total. The third-order valence-electron chi connectivity index (χ3n) is 4.76. The third-order valence-corrected chi connectivity index (χ3v) is 4.76. The van der Waals surface area contributed by atoms with Gasteiger partial charge >= 0.3 is 5.63 Å². The van der Waals surface area contributed by atoms with Crippen molar-refractivity contribution in [2.75, 3.05) is 12.4 Å². The number of fused-ring (bicyclic) bond motifs is 2. The number of rotatable bonds is 4. The Hall–Kier alpha value is -3.87. The average Bonchev–Trinajstić information content (AvgIpc) is 2.71. The van der Waals surface area contributed by atoms with Crippen LogP contribution in [0.15, 0.2) is 62.5 Å². The molecule has 2 aromatic heterocycles. The van der Waals surface area contributed by atoms with Crippen molar-refractivity contribution in [2.24, 2.45) is 0 Å². The fraction of sp³-hybridized carbons (Fsp3) is 0.136. The predicted molar refractivity (Wildman–Crippen MR) is 111 cm³/mol. The van der Waals surface area contributed by atoms with Crippen LogP contribution in [0, 0.1) is 0 Å². The van der Waals surface area contributed by atoms with Crippen LogP contribution in [0.1, 0.15) is 22.8 Å². The molecule has 7 nitrogen and oxygen atoms in total. The summed E-state index contributed by atoms with van der Waals surface area (Å²) in [4.78, 5) is 39.6. The minimum Gasteiger partial charge on any atom is -0.493 e. The van der Waals surface area contributed by atoms with Gasteiger partial charge in [-0.15, -0.1) is 0 Å². The van der Waals surface area contributed by atoms with Crippen molar-refractivity contribution in [1.82, 2.24) is 4.98 Å². The zero-order chi connectivity index (χ0) is 20.5. The molecule has 0 bridgehead atoms. The third kappa shape index (κ3) is 3.38. The number of ether oxygens (including phenoxy) is 1. The smallest absolute Gasteiger partial charge is 0.349 e. The summed E-state index contributed by atoms with van der Waals surface area (Å²) in [6.45, 7) is 1.97. The van der Waals surface area contributed by atoms with E-state index in [1.54, 1.807) is 36.4 Å². The highest BCUT2D eigenvalue weighted by atomic mass is 16.5. The molecule has 146 valence electrons. The highest BCUT2D eigenvalue weighted by Crippen LogP contribution is 2.25. The van der Waals surface area contributed by atoms with Crippen molar-refractivity contribution < 1.29 is 13.9 Å². The van der Waals surface area contributed by atoms with Crippen molar-refractivity contribution in [3.05, 3.63) is 80.4 Å². The lowest BCUT2D eigenvalue weighted by Crippen LogP contribution is -2.20. The summed E-state index contributed by atoms with van der Waals surface area (Å²) in [5.74, 6) is -0.186. The molecule has 0 aliphatic heterocycles. The molecule has 0 saturated carbocycles. The van der Waals surface area contributed by atoms with Crippen LogP contribution in [0.25, 0.3) is 21.9 Å². The van der Waals surface area contributed by atoms with Gasteiger partial charge in [0.25, 0.3) is 5.91 Å². The Bertz CT molecular complexity index is 1370. The number of aromatic nitrogens is 1. The summed E-state index contributed by atoms with van der Waals surface area (Å²) in [7, 11) is 1.48. The van der Waals surface area contributed by atoms with Crippen LogP contribution in [0.5, 0.6) is 5.75 Å². The highest BCUT2D eigenvalue weighted by Gasteiger charge is 2.16. The maximum absolute atomic E-state index is 12.7. The number of nitrogens with one attached hydrogen (secondary N) is 2. The first kappa shape index (κ1) is 18.5. The Kier molecular flexibility index (Phi) is 4.64. The number of hydrogen-bond donors (Lipinski definition) is 2. The molecule has 0 aliphatic carbocycles. The zero-order valence-electron chi connectivity index (χ0n) is 15.9. The van der Waals surface area contributed by atoms with Gasteiger partial charge in [-0.1, -0.05) is 25.1 Å². The molecule has 0 fully saturated rings. The van der Waals surface area contributed by atoms with Crippen LogP contribution in [-0.4, -0.2) is 18.0 Å². The second kappa shape index (κ2) is 7.27. The summed E-state index contributed by atoms with van der Waals surface area (Å²) >= 11 is 0. The second-order valence-electron chi connectivity index (χ2n) is 6.55. The van der Waals surface area contributed by atoms with Gasteiger partial charge in [0.05, 0.1) is 12.6 Å². The number of pyridine rings is 1.